The summed E-state index contributed by atoms with van der Waals surface area (Å²) >= 11 is 4.72. The number of benzene rings is 3. The van der Waals surface area contributed by atoms with Crippen molar-refractivity contribution in [1.82, 2.24) is 4.98 Å². The number of thiazole rings is 1. The summed E-state index contributed by atoms with van der Waals surface area (Å²) in [5, 5.41) is 11.6. The van der Waals surface area contributed by atoms with E-state index in [1.165, 1.54) is 16.2 Å². The summed E-state index contributed by atoms with van der Waals surface area (Å²) in [6, 6.07) is 18.6. The summed E-state index contributed by atoms with van der Waals surface area (Å²) in [5.74, 6) is -0.470. The van der Waals surface area contributed by atoms with Crippen LogP contribution in [0.25, 0.3) is 16.0 Å². The summed E-state index contributed by atoms with van der Waals surface area (Å²) in [7, 11) is 1.54. The number of nitrogens with zero attached hydrogens (tertiary/aromatic N) is 2. The number of hydrogen-bond acceptors (Lipinski definition) is 7. The van der Waals surface area contributed by atoms with Gasteiger partial charge in [0.05, 0.1) is 35.5 Å². The number of aliphatic hydroxyl groups is 1. The molecular weight excluding hydrogens is 544 g/mol. The summed E-state index contributed by atoms with van der Waals surface area (Å²) in [6.45, 7) is 2.43. The molecule has 1 N–H and O–H groups in total. The fourth-order valence-electron chi connectivity index (χ4n) is 4.15. The number of rotatable bonds is 6. The highest BCUT2D eigenvalue weighted by molar-refractivity contribution is 9.10. The van der Waals surface area contributed by atoms with Crippen LogP contribution in [-0.2, 0) is 9.59 Å². The van der Waals surface area contributed by atoms with Gasteiger partial charge < -0.3 is 14.6 Å². The Kier molecular flexibility index (Phi) is 6.51. The molecule has 4 aromatic rings. The number of aliphatic hydroxyl groups excluding tert-OH is 1. The fourth-order valence-corrected chi connectivity index (χ4v) is 5.43. The molecule has 0 saturated carbocycles. The Hall–Kier alpha value is -3.69. The van der Waals surface area contributed by atoms with Crippen LogP contribution in [0, 0.1) is 0 Å². The molecule has 0 radical (unpaired) electrons. The number of fused-ring (bicyclic) bond motifs is 1. The Morgan fingerprint density at radius 3 is 2.42 bits per heavy atom. The Labute approximate surface area is 219 Å². The minimum Gasteiger partial charge on any atom is -0.507 e. The molecule has 36 heavy (non-hydrogen) atoms. The van der Waals surface area contributed by atoms with E-state index in [4.69, 9.17) is 9.47 Å². The van der Waals surface area contributed by atoms with Crippen LogP contribution in [0.1, 0.15) is 24.1 Å². The van der Waals surface area contributed by atoms with E-state index < -0.39 is 17.7 Å². The third kappa shape index (κ3) is 4.25. The molecular formula is C27H21BrN2O5S. The molecule has 1 amide bonds. The highest BCUT2D eigenvalue weighted by atomic mass is 79.9. The van der Waals surface area contributed by atoms with E-state index in [-0.39, 0.29) is 11.3 Å². The van der Waals surface area contributed by atoms with Crippen LogP contribution < -0.4 is 14.4 Å². The predicted molar refractivity (Wildman–Crippen MR) is 143 cm³/mol. The number of methoxy groups -OCH3 is 1. The second-order valence-corrected chi connectivity index (χ2v) is 9.93. The highest BCUT2D eigenvalue weighted by Gasteiger charge is 2.48. The number of Topliss-reactive ketones (excluding diaryl/α,β-unsaturated/α-hetero) is 1. The van der Waals surface area contributed by atoms with Crippen molar-refractivity contribution >= 4 is 60.1 Å². The fraction of sp³-hybridized carbons (Fsp3) is 0.148. The van der Waals surface area contributed by atoms with Gasteiger partial charge in [-0.15, -0.1) is 0 Å². The van der Waals surface area contributed by atoms with Crippen molar-refractivity contribution in [3.63, 3.8) is 0 Å². The number of aromatic nitrogens is 1. The number of ether oxygens (including phenoxy) is 2. The standard InChI is InChI=1S/C27H21BrN2O5S/c1-3-35-19-12-13-20-21(14-19)36-27(29-20)30-23(15-4-8-17(28)9-5-15)22(25(32)26(30)33)24(31)16-6-10-18(34-2)11-7-16/h4-14,23,31H,3H2,1-2H3/b24-22+/t23-/m1/s1. The molecule has 1 atom stereocenters. The maximum Gasteiger partial charge on any atom is 0.301 e. The minimum absolute atomic E-state index is 0.00162. The van der Waals surface area contributed by atoms with Crippen molar-refractivity contribution in [2.75, 3.05) is 18.6 Å². The van der Waals surface area contributed by atoms with E-state index in [2.05, 4.69) is 20.9 Å². The molecule has 1 fully saturated rings. The Morgan fingerprint density at radius 2 is 1.75 bits per heavy atom. The molecule has 0 bridgehead atoms. The molecule has 0 aliphatic carbocycles. The van der Waals surface area contributed by atoms with E-state index in [1.54, 1.807) is 31.4 Å². The van der Waals surface area contributed by atoms with Crippen molar-refractivity contribution in [2.45, 2.75) is 13.0 Å². The first-order chi connectivity index (χ1) is 17.4. The molecule has 0 unspecified atom stereocenters. The van der Waals surface area contributed by atoms with Crippen LogP contribution >= 0.6 is 27.3 Å². The third-order valence-electron chi connectivity index (χ3n) is 5.86. The summed E-state index contributed by atoms with van der Waals surface area (Å²) in [5.41, 5.74) is 1.76. The summed E-state index contributed by atoms with van der Waals surface area (Å²) in [6.07, 6.45) is 0. The van der Waals surface area contributed by atoms with Gasteiger partial charge in [0.1, 0.15) is 17.3 Å². The normalized spacial score (nSPS) is 17.1. The van der Waals surface area contributed by atoms with Gasteiger partial charge in [0.2, 0.25) is 0 Å². The second-order valence-electron chi connectivity index (χ2n) is 8.01. The molecule has 3 aromatic carbocycles. The highest BCUT2D eigenvalue weighted by Crippen LogP contribution is 2.44. The lowest BCUT2D eigenvalue weighted by atomic mass is 9.95. The third-order valence-corrected chi connectivity index (χ3v) is 7.41. The molecule has 9 heteroatoms. The lowest BCUT2D eigenvalue weighted by molar-refractivity contribution is -0.132. The first-order valence-corrected chi connectivity index (χ1v) is 12.8. The monoisotopic (exact) mass is 564 g/mol. The van der Waals surface area contributed by atoms with Crippen LogP contribution in [0.5, 0.6) is 11.5 Å². The van der Waals surface area contributed by atoms with Gasteiger partial charge in [-0.1, -0.05) is 39.4 Å². The smallest absolute Gasteiger partial charge is 0.301 e. The van der Waals surface area contributed by atoms with Crippen LogP contribution in [0.3, 0.4) is 0 Å². The van der Waals surface area contributed by atoms with Gasteiger partial charge in [0.15, 0.2) is 5.13 Å². The first-order valence-electron chi connectivity index (χ1n) is 11.2. The second kappa shape index (κ2) is 9.75. The molecule has 1 aliphatic rings. The maximum atomic E-state index is 13.4. The van der Waals surface area contributed by atoms with E-state index in [9.17, 15) is 14.7 Å². The number of anilines is 1. The largest absolute Gasteiger partial charge is 0.507 e. The van der Waals surface area contributed by atoms with Gasteiger partial charge in [-0.25, -0.2) is 4.98 Å². The average molecular weight is 565 g/mol. The number of ketones is 1. The quantitative estimate of drug-likeness (QED) is 0.173. The van der Waals surface area contributed by atoms with Gasteiger partial charge >= 0.3 is 5.91 Å². The van der Waals surface area contributed by atoms with E-state index in [1.807, 2.05) is 49.4 Å². The molecule has 5 rings (SSSR count). The molecule has 182 valence electrons. The van der Waals surface area contributed by atoms with Gasteiger partial charge in [0, 0.05) is 10.0 Å². The van der Waals surface area contributed by atoms with Gasteiger partial charge in [-0.05, 0) is 67.1 Å². The lowest BCUT2D eigenvalue weighted by Crippen LogP contribution is -2.29. The topological polar surface area (TPSA) is 89.0 Å². The molecule has 1 saturated heterocycles. The molecule has 1 aromatic heterocycles. The van der Waals surface area contributed by atoms with Crippen molar-refractivity contribution in [3.8, 4) is 11.5 Å². The summed E-state index contributed by atoms with van der Waals surface area (Å²) < 4.78 is 12.5. The SMILES string of the molecule is CCOc1ccc2nc(N3C(=O)C(=O)/C(=C(/O)c4ccc(OC)cc4)[C@H]3c3ccc(Br)cc3)sc2c1. The van der Waals surface area contributed by atoms with Crippen LogP contribution in [0.2, 0.25) is 0 Å². The van der Waals surface area contributed by atoms with Crippen molar-refractivity contribution in [1.29, 1.82) is 0 Å². The Balaban J connectivity index is 1.67. The van der Waals surface area contributed by atoms with Crippen molar-refractivity contribution < 1.29 is 24.2 Å². The number of carbonyl (C=O) groups is 2. The number of carbonyl (C=O) groups excluding carboxylic acids is 2. The van der Waals surface area contributed by atoms with E-state index >= 15 is 0 Å². The lowest BCUT2D eigenvalue weighted by Gasteiger charge is -2.23. The minimum atomic E-state index is -0.855. The number of hydrogen-bond donors (Lipinski definition) is 1. The summed E-state index contributed by atoms with van der Waals surface area (Å²) in [4.78, 5) is 32.8. The van der Waals surface area contributed by atoms with Gasteiger partial charge in [-0.2, -0.15) is 0 Å². The first kappa shape index (κ1) is 24.0. The predicted octanol–water partition coefficient (Wildman–Crippen LogP) is 6.09. The molecule has 1 aliphatic heterocycles. The van der Waals surface area contributed by atoms with Crippen LogP contribution in [-0.4, -0.2) is 35.5 Å². The van der Waals surface area contributed by atoms with Crippen LogP contribution in [0.4, 0.5) is 5.13 Å². The van der Waals surface area contributed by atoms with Crippen molar-refractivity contribution in [3.05, 3.63) is 87.9 Å². The van der Waals surface area contributed by atoms with E-state index in [0.717, 1.165) is 9.17 Å². The average Bonchev–Trinajstić information content (AvgIpc) is 3.42. The Morgan fingerprint density at radius 1 is 1.06 bits per heavy atom. The zero-order valence-electron chi connectivity index (χ0n) is 19.4. The zero-order chi connectivity index (χ0) is 25.4. The zero-order valence-corrected chi connectivity index (χ0v) is 21.8. The van der Waals surface area contributed by atoms with Gasteiger partial charge in [-0.3, -0.25) is 14.5 Å². The van der Waals surface area contributed by atoms with Crippen molar-refractivity contribution in [2.24, 2.45) is 0 Å². The number of amides is 1. The molecule has 0 spiro atoms. The van der Waals surface area contributed by atoms with Gasteiger partial charge in [0.25, 0.3) is 5.78 Å². The molecule has 7 nitrogen and oxygen atoms in total. The maximum absolute atomic E-state index is 13.4. The number of halogens is 1. The molecule has 2 heterocycles. The Bertz CT molecular complexity index is 1500. The van der Waals surface area contributed by atoms with E-state index in [0.29, 0.717) is 39.9 Å². The van der Waals surface area contributed by atoms with Crippen LogP contribution in [0.15, 0.2) is 76.8 Å².